The van der Waals surface area contributed by atoms with Gasteiger partial charge in [0.05, 0.1) is 0 Å². The summed E-state index contributed by atoms with van der Waals surface area (Å²) in [7, 11) is 0. The van der Waals surface area contributed by atoms with E-state index >= 15 is 0 Å². The zero-order chi connectivity index (χ0) is 17.1. The minimum absolute atomic E-state index is 0.266. The second-order valence-corrected chi connectivity index (χ2v) is 9.89. The van der Waals surface area contributed by atoms with Gasteiger partial charge in [0.2, 0.25) is 0 Å². The lowest BCUT2D eigenvalue weighted by Gasteiger charge is -2.60. The van der Waals surface area contributed by atoms with Crippen molar-refractivity contribution in [3.05, 3.63) is 0 Å². The molecule has 0 bridgehead atoms. The highest BCUT2D eigenvalue weighted by Gasteiger charge is 2.60. The quantitative estimate of drug-likeness (QED) is 0.698. The van der Waals surface area contributed by atoms with Gasteiger partial charge in [0, 0.05) is 25.2 Å². The Balaban J connectivity index is 1.61. The maximum absolute atomic E-state index is 12.5. The van der Waals surface area contributed by atoms with Crippen LogP contribution < -0.4 is 0 Å². The van der Waals surface area contributed by atoms with Crippen molar-refractivity contribution < 1.29 is 9.59 Å². The van der Waals surface area contributed by atoms with Gasteiger partial charge < -0.3 is 0 Å². The molecule has 4 aliphatic carbocycles. The van der Waals surface area contributed by atoms with E-state index in [1.54, 1.807) is 0 Å². The lowest BCUT2D eigenvalue weighted by atomic mass is 9.44. The number of hydrogen-bond acceptors (Lipinski definition) is 2. The third kappa shape index (κ3) is 2.20. The van der Waals surface area contributed by atoms with E-state index in [2.05, 4.69) is 13.8 Å². The topological polar surface area (TPSA) is 34.1 Å². The van der Waals surface area contributed by atoms with Gasteiger partial charge in [0.25, 0.3) is 0 Å². The van der Waals surface area contributed by atoms with Crippen LogP contribution in [0.25, 0.3) is 0 Å². The molecule has 0 unspecified atom stereocenters. The molecule has 2 heteroatoms. The van der Waals surface area contributed by atoms with E-state index in [9.17, 15) is 9.59 Å². The van der Waals surface area contributed by atoms with Crippen LogP contribution >= 0.6 is 0 Å². The van der Waals surface area contributed by atoms with Crippen LogP contribution in [0.3, 0.4) is 0 Å². The first-order valence-corrected chi connectivity index (χ1v) is 10.4. The third-order valence-corrected chi connectivity index (χ3v) is 9.22. The Labute approximate surface area is 147 Å². The maximum Gasteiger partial charge on any atom is 0.136 e. The van der Waals surface area contributed by atoms with Crippen molar-refractivity contribution in [3.8, 4) is 0 Å². The van der Waals surface area contributed by atoms with Crippen LogP contribution in [0.5, 0.6) is 0 Å². The van der Waals surface area contributed by atoms with Crippen LogP contribution in [0.2, 0.25) is 0 Å². The van der Waals surface area contributed by atoms with Gasteiger partial charge >= 0.3 is 0 Å². The Kier molecular flexibility index (Phi) is 3.97. The van der Waals surface area contributed by atoms with Crippen molar-refractivity contribution in [1.29, 1.82) is 0 Å². The Morgan fingerprint density at radius 1 is 1.00 bits per heavy atom. The van der Waals surface area contributed by atoms with E-state index in [1.807, 2.05) is 6.92 Å². The Bertz CT molecular complexity index is 552. The number of ketones is 2. The molecule has 4 rings (SSSR count). The molecule has 0 aromatic rings. The molecule has 7 atom stereocenters. The highest BCUT2D eigenvalue weighted by molar-refractivity contribution is 5.82. The lowest BCUT2D eigenvalue weighted by Crippen LogP contribution is -2.53. The Morgan fingerprint density at radius 3 is 2.50 bits per heavy atom. The summed E-state index contributed by atoms with van der Waals surface area (Å²) in [6, 6.07) is 0. The lowest BCUT2D eigenvalue weighted by molar-refractivity contribution is -0.143. The fourth-order valence-electron chi connectivity index (χ4n) is 7.82. The molecule has 0 heterocycles. The summed E-state index contributed by atoms with van der Waals surface area (Å²) in [6.45, 7) is 6.99. The first-order chi connectivity index (χ1) is 11.4. The maximum atomic E-state index is 12.5. The Morgan fingerprint density at radius 2 is 1.75 bits per heavy atom. The summed E-state index contributed by atoms with van der Waals surface area (Å²) in [5.74, 6) is 4.36. The number of hydrogen-bond donors (Lipinski definition) is 0. The van der Waals surface area contributed by atoms with Crippen LogP contribution in [0.15, 0.2) is 0 Å². The number of rotatable bonds is 2. The van der Waals surface area contributed by atoms with E-state index in [1.165, 1.54) is 32.1 Å². The summed E-state index contributed by atoms with van der Waals surface area (Å²) < 4.78 is 0. The molecule has 0 aromatic heterocycles. The fourth-order valence-corrected chi connectivity index (χ4v) is 7.82. The summed E-state index contributed by atoms with van der Waals surface area (Å²) >= 11 is 0. The zero-order valence-electron chi connectivity index (χ0n) is 15.8. The minimum atomic E-state index is 0.266. The van der Waals surface area contributed by atoms with Gasteiger partial charge in [-0.15, -0.1) is 0 Å². The molecule has 24 heavy (non-hydrogen) atoms. The minimum Gasteiger partial charge on any atom is -0.300 e. The highest BCUT2D eigenvalue weighted by Crippen LogP contribution is 2.67. The summed E-state index contributed by atoms with van der Waals surface area (Å²) in [5.41, 5.74) is 0.660. The normalized spacial score (nSPS) is 50.8. The van der Waals surface area contributed by atoms with E-state index < -0.39 is 0 Å². The van der Waals surface area contributed by atoms with Crippen molar-refractivity contribution >= 4 is 11.6 Å². The van der Waals surface area contributed by atoms with Crippen LogP contribution in [-0.2, 0) is 9.59 Å². The molecule has 0 amide bonds. The molecule has 0 spiro atoms. The number of carbonyl (C=O) groups excluding carboxylic acids is 2. The van der Waals surface area contributed by atoms with E-state index in [0.717, 1.165) is 43.4 Å². The molecule has 4 saturated carbocycles. The Hall–Kier alpha value is -0.660. The largest absolute Gasteiger partial charge is 0.300 e. The number of Topliss-reactive ketones (excluding diaryl/α,β-unsaturated/α-hetero) is 2. The van der Waals surface area contributed by atoms with Gasteiger partial charge in [0.15, 0.2) is 0 Å². The van der Waals surface area contributed by atoms with Crippen molar-refractivity contribution in [2.75, 3.05) is 0 Å². The molecule has 0 aromatic carbocycles. The van der Waals surface area contributed by atoms with Crippen molar-refractivity contribution in [1.82, 2.24) is 0 Å². The molecular weight excluding hydrogens is 296 g/mol. The van der Waals surface area contributed by atoms with E-state index in [0.29, 0.717) is 35.2 Å². The van der Waals surface area contributed by atoms with Crippen LogP contribution in [0.4, 0.5) is 0 Å². The molecule has 0 N–H and O–H groups in total. The van der Waals surface area contributed by atoms with Crippen LogP contribution in [-0.4, -0.2) is 11.6 Å². The molecule has 0 saturated heterocycles. The SMILES string of the molecule is CCC(=O)[C@H]1CC[C@H]2[C@@H]3CC[C@@H]4CC(=O)CC[C@]4(C)[C@H]3CC[C@]12C. The van der Waals surface area contributed by atoms with Crippen LogP contribution in [0, 0.1) is 40.4 Å². The number of fused-ring (bicyclic) bond motifs is 5. The highest BCUT2D eigenvalue weighted by atomic mass is 16.1. The van der Waals surface area contributed by atoms with Crippen LogP contribution in [0.1, 0.15) is 85.0 Å². The second-order valence-electron chi connectivity index (χ2n) is 9.89. The molecule has 0 aliphatic heterocycles. The zero-order valence-corrected chi connectivity index (χ0v) is 15.8. The molecule has 4 aliphatic rings. The van der Waals surface area contributed by atoms with E-state index in [4.69, 9.17) is 0 Å². The molecule has 2 nitrogen and oxygen atoms in total. The molecule has 0 radical (unpaired) electrons. The van der Waals surface area contributed by atoms with Gasteiger partial charge in [-0.2, -0.15) is 0 Å². The molecule has 134 valence electrons. The fraction of sp³-hybridized carbons (Fsp3) is 0.909. The summed E-state index contributed by atoms with van der Waals surface area (Å²) in [6.07, 6.45) is 11.0. The molecule has 4 fully saturated rings. The van der Waals surface area contributed by atoms with Gasteiger partial charge in [-0.1, -0.05) is 20.8 Å². The summed E-state index contributed by atoms with van der Waals surface area (Å²) in [4.78, 5) is 24.5. The first kappa shape index (κ1) is 16.8. The average molecular weight is 331 g/mol. The van der Waals surface area contributed by atoms with Gasteiger partial charge in [-0.3, -0.25) is 9.59 Å². The first-order valence-electron chi connectivity index (χ1n) is 10.4. The third-order valence-electron chi connectivity index (χ3n) is 9.22. The van der Waals surface area contributed by atoms with Gasteiger partial charge in [-0.25, -0.2) is 0 Å². The predicted octanol–water partition coefficient (Wildman–Crippen LogP) is 5.19. The number of carbonyl (C=O) groups is 2. The second kappa shape index (κ2) is 5.68. The molecular formula is C22H34O2. The monoisotopic (exact) mass is 330 g/mol. The van der Waals surface area contributed by atoms with Crippen molar-refractivity contribution in [2.24, 2.45) is 40.4 Å². The predicted molar refractivity (Wildman–Crippen MR) is 95.5 cm³/mol. The standard InChI is InChI=1S/C22H34O2/c1-4-20(24)19-8-7-17-16-6-5-14-13-15(23)9-11-21(14,2)18(16)10-12-22(17,19)3/h14,16-19H,4-13H2,1-3H3/t14-,16+,17+,18+,19-,21+,22+/m1/s1. The summed E-state index contributed by atoms with van der Waals surface area (Å²) in [5, 5.41) is 0. The van der Waals surface area contributed by atoms with Gasteiger partial charge in [0.1, 0.15) is 11.6 Å². The van der Waals surface area contributed by atoms with Crippen molar-refractivity contribution in [2.45, 2.75) is 85.0 Å². The average Bonchev–Trinajstić information content (AvgIpc) is 2.92. The van der Waals surface area contributed by atoms with Gasteiger partial charge in [-0.05, 0) is 79.4 Å². The van der Waals surface area contributed by atoms with Crippen molar-refractivity contribution in [3.63, 3.8) is 0 Å². The smallest absolute Gasteiger partial charge is 0.136 e. The van der Waals surface area contributed by atoms with E-state index in [-0.39, 0.29) is 5.41 Å².